The molecule has 1 aliphatic heterocycles. The highest BCUT2D eigenvalue weighted by atomic mass is 32.2. The maximum atomic E-state index is 9.48. The number of hydrogen-bond donors (Lipinski definition) is 2. The lowest BCUT2D eigenvalue weighted by molar-refractivity contribution is 0.138. The minimum Gasteiger partial charge on any atom is -0.394 e. The number of aliphatic hydroxyl groups excluding tert-OH is 1. The maximum absolute atomic E-state index is 9.48. The summed E-state index contributed by atoms with van der Waals surface area (Å²) in [6.07, 6.45) is 2.32. The van der Waals surface area contributed by atoms with E-state index < -0.39 is 0 Å². The molecule has 1 aliphatic rings. The number of hydrogen-bond acceptors (Lipinski definition) is 3. The van der Waals surface area contributed by atoms with Crippen LogP contribution in [0.4, 0.5) is 0 Å². The average Bonchev–Trinajstić information content (AvgIpc) is 2.08. The van der Waals surface area contributed by atoms with Crippen molar-refractivity contribution in [3.8, 4) is 0 Å². The van der Waals surface area contributed by atoms with Crippen LogP contribution in [0.25, 0.3) is 0 Å². The van der Waals surface area contributed by atoms with E-state index >= 15 is 0 Å². The van der Waals surface area contributed by atoms with Crippen LogP contribution in [0.5, 0.6) is 0 Å². The van der Waals surface area contributed by atoms with Crippen LogP contribution in [-0.4, -0.2) is 34.3 Å². The second-order valence-corrected chi connectivity index (χ2v) is 5.68. The smallest absolute Gasteiger partial charge is 0.0624 e. The monoisotopic (exact) mass is 203 g/mol. The van der Waals surface area contributed by atoms with Crippen molar-refractivity contribution < 1.29 is 5.11 Å². The third kappa shape index (κ3) is 2.61. The minimum atomic E-state index is -0.0307. The van der Waals surface area contributed by atoms with Gasteiger partial charge in [-0.3, -0.25) is 0 Å². The zero-order valence-corrected chi connectivity index (χ0v) is 9.66. The topological polar surface area (TPSA) is 32.3 Å². The molecule has 13 heavy (non-hydrogen) atoms. The average molecular weight is 203 g/mol. The van der Waals surface area contributed by atoms with Gasteiger partial charge in [0, 0.05) is 11.3 Å². The fraction of sp³-hybridized carbons (Fsp3) is 1.00. The van der Waals surface area contributed by atoms with Crippen LogP contribution in [0.15, 0.2) is 0 Å². The Balaban J connectivity index is 2.64. The van der Waals surface area contributed by atoms with Crippen LogP contribution >= 0.6 is 11.8 Å². The molecule has 0 saturated carbocycles. The standard InChI is InChI=1S/C10H21NOS/c1-8(2)11-10(7-12)5-4-6-13-9(10)3/h8-9,11-12H,4-7H2,1-3H3. The normalized spacial score (nSPS) is 35.3. The zero-order valence-electron chi connectivity index (χ0n) is 8.84. The lowest BCUT2D eigenvalue weighted by Gasteiger charge is -2.43. The molecular formula is C10H21NOS. The molecule has 2 N–H and O–H groups in total. The largest absolute Gasteiger partial charge is 0.394 e. The van der Waals surface area contributed by atoms with E-state index in [9.17, 15) is 5.11 Å². The number of rotatable bonds is 3. The molecule has 0 spiro atoms. The third-order valence-corrected chi connectivity index (χ3v) is 4.25. The van der Waals surface area contributed by atoms with Gasteiger partial charge in [0.15, 0.2) is 0 Å². The van der Waals surface area contributed by atoms with Gasteiger partial charge in [-0.05, 0) is 18.6 Å². The fourth-order valence-electron chi connectivity index (χ4n) is 2.03. The summed E-state index contributed by atoms with van der Waals surface area (Å²) in [7, 11) is 0. The number of thioether (sulfide) groups is 1. The first-order chi connectivity index (χ1) is 6.10. The van der Waals surface area contributed by atoms with Gasteiger partial charge < -0.3 is 10.4 Å². The van der Waals surface area contributed by atoms with E-state index in [1.165, 1.54) is 12.2 Å². The first kappa shape index (κ1) is 11.3. The van der Waals surface area contributed by atoms with Crippen LogP contribution < -0.4 is 5.32 Å². The van der Waals surface area contributed by atoms with Crippen LogP contribution in [0.2, 0.25) is 0 Å². The molecule has 2 nitrogen and oxygen atoms in total. The van der Waals surface area contributed by atoms with Gasteiger partial charge in [-0.1, -0.05) is 20.8 Å². The second kappa shape index (κ2) is 4.67. The Morgan fingerprint density at radius 3 is 2.77 bits per heavy atom. The molecular weight excluding hydrogens is 182 g/mol. The van der Waals surface area contributed by atoms with E-state index in [1.54, 1.807) is 0 Å². The van der Waals surface area contributed by atoms with E-state index in [0.717, 1.165) is 6.42 Å². The zero-order chi connectivity index (χ0) is 9.90. The summed E-state index contributed by atoms with van der Waals surface area (Å²) in [6.45, 7) is 6.77. The summed E-state index contributed by atoms with van der Waals surface area (Å²) in [5.74, 6) is 1.24. The molecule has 0 amide bonds. The minimum absolute atomic E-state index is 0.0307. The van der Waals surface area contributed by atoms with Crippen molar-refractivity contribution in [3.05, 3.63) is 0 Å². The molecule has 1 saturated heterocycles. The Morgan fingerprint density at radius 1 is 1.62 bits per heavy atom. The molecule has 78 valence electrons. The SMILES string of the molecule is CC(C)NC1(CO)CCCSC1C. The van der Waals surface area contributed by atoms with Crippen molar-refractivity contribution in [1.82, 2.24) is 5.32 Å². The molecule has 1 fully saturated rings. The van der Waals surface area contributed by atoms with E-state index in [4.69, 9.17) is 0 Å². The lowest BCUT2D eigenvalue weighted by atomic mass is 9.89. The van der Waals surface area contributed by atoms with E-state index in [0.29, 0.717) is 11.3 Å². The Labute approximate surface area is 85.5 Å². The summed E-state index contributed by atoms with van der Waals surface area (Å²) < 4.78 is 0. The maximum Gasteiger partial charge on any atom is 0.0624 e. The molecule has 0 aliphatic carbocycles. The first-order valence-electron chi connectivity index (χ1n) is 5.11. The molecule has 0 aromatic rings. The van der Waals surface area contributed by atoms with Crippen molar-refractivity contribution in [3.63, 3.8) is 0 Å². The van der Waals surface area contributed by atoms with Gasteiger partial charge in [0.1, 0.15) is 0 Å². The predicted molar refractivity (Wildman–Crippen MR) is 59.2 cm³/mol. The highest BCUT2D eigenvalue weighted by Gasteiger charge is 2.38. The Morgan fingerprint density at radius 2 is 2.31 bits per heavy atom. The fourth-order valence-corrected chi connectivity index (χ4v) is 3.27. The molecule has 3 heteroatoms. The van der Waals surface area contributed by atoms with Gasteiger partial charge in [-0.25, -0.2) is 0 Å². The van der Waals surface area contributed by atoms with Crippen molar-refractivity contribution >= 4 is 11.8 Å². The summed E-state index contributed by atoms with van der Waals surface area (Å²) in [5.41, 5.74) is -0.0307. The predicted octanol–water partition coefficient (Wildman–Crippen LogP) is 1.63. The van der Waals surface area contributed by atoms with Crippen molar-refractivity contribution in [1.29, 1.82) is 0 Å². The van der Waals surface area contributed by atoms with Gasteiger partial charge in [0.05, 0.1) is 12.1 Å². The van der Waals surface area contributed by atoms with Gasteiger partial charge in [0.2, 0.25) is 0 Å². The number of aliphatic hydroxyl groups is 1. The molecule has 1 heterocycles. The Hall–Kier alpha value is 0.270. The summed E-state index contributed by atoms with van der Waals surface area (Å²) in [6, 6.07) is 0.452. The Bertz CT molecular complexity index is 163. The van der Waals surface area contributed by atoms with Gasteiger partial charge in [-0.2, -0.15) is 11.8 Å². The van der Waals surface area contributed by atoms with Crippen LogP contribution in [0.1, 0.15) is 33.6 Å². The van der Waals surface area contributed by atoms with E-state index in [1.807, 2.05) is 11.8 Å². The first-order valence-corrected chi connectivity index (χ1v) is 6.16. The van der Waals surface area contributed by atoms with Crippen molar-refractivity contribution in [2.75, 3.05) is 12.4 Å². The van der Waals surface area contributed by atoms with Crippen LogP contribution in [0, 0.1) is 0 Å². The highest BCUT2D eigenvalue weighted by Crippen LogP contribution is 2.33. The summed E-state index contributed by atoms with van der Waals surface area (Å²) in [4.78, 5) is 0. The summed E-state index contributed by atoms with van der Waals surface area (Å²) >= 11 is 1.97. The van der Waals surface area contributed by atoms with E-state index in [-0.39, 0.29) is 12.1 Å². The molecule has 1 rings (SSSR count). The summed E-state index contributed by atoms with van der Waals surface area (Å²) in [5, 5.41) is 13.5. The molecule has 0 aromatic carbocycles. The molecule has 0 radical (unpaired) electrons. The van der Waals surface area contributed by atoms with Crippen LogP contribution in [-0.2, 0) is 0 Å². The molecule has 2 atom stereocenters. The molecule has 0 aromatic heterocycles. The van der Waals surface area contributed by atoms with Crippen molar-refractivity contribution in [2.24, 2.45) is 0 Å². The van der Waals surface area contributed by atoms with Crippen LogP contribution in [0.3, 0.4) is 0 Å². The quantitative estimate of drug-likeness (QED) is 0.731. The molecule has 2 unspecified atom stereocenters. The third-order valence-electron chi connectivity index (χ3n) is 2.77. The lowest BCUT2D eigenvalue weighted by Crippen LogP contribution is -2.58. The Kier molecular flexibility index (Phi) is 4.07. The van der Waals surface area contributed by atoms with Gasteiger partial charge in [-0.15, -0.1) is 0 Å². The van der Waals surface area contributed by atoms with Gasteiger partial charge >= 0.3 is 0 Å². The van der Waals surface area contributed by atoms with Gasteiger partial charge in [0.25, 0.3) is 0 Å². The highest BCUT2D eigenvalue weighted by molar-refractivity contribution is 8.00. The van der Waals surface area contributed by atoms with E-state index in [2.05, 4.69) is 26.1 Å². The van der Waals surface area contributed by atoms with Crippen molar-refractivity contribution in [2.45, 2.75) is 50.4 Å². The second-order valence-electron chi connectivity index (χ2n) is 4.23. The number of nitrogens with one attached hydrogen (secondary N) is 1. The molecule has 0 bridgehead atoms.